The Labute approximate surface area is 101 Å². The molecule has 0 bridgehead atoms. The Hall–Kier alpha value is -1.73. The predicted molar refractivity (Wildman–Crippen MR) is 62.8 cm³/mol. The lowest BCUT2D eigenvalue weighted by molar-refractivity contribution is -0.402. The molecule has 0 fully saturated rings. The molecule has 0 spiro atoms. The highest BCUT2D eigenvalue weighted by Crippen LogP contribution is 2.15. The second kappa shape index (κ2) is 5.07. The van der Waals surface area contributed by atoms with Crippen molar-refractivity contribution in [2.75, 3.05) is 0 Å². The van der Waals surface area contributed by atoms with Gasteiger partial charge in [-0.3, -0.25) is 10.1 Å². The van der Waals surface area contributed by atoms with Crippen molar-refractivity contribution in [1.29, 1.82) is 0 Å². The van der Waals surface area contributed by atoms with Gasteiger partial charge in [-0.25, -0.2) is 4.98 Å². The number of thiazole rings is 1. The molecule has 0 aliphatic rings. The van der Waals surface area contributed by atoms with Gasteiger partial charge in [-0.2, -0.15) is 0 Å². The average Bonchev–Trinajstić information content (AvgIpc) is 2.88. The second-order valence-corrected chi connectivity index (χ2v) is 4.43. The molecule has 0 atom stereocenters. The SMILES string of the molecule is Cc1csc(CNCc2ccc([N+](=O)[O-])o2)n1. The Bertz CT molecular complexity index is 520. The van der Waals surface area contributed by atoms with Crippen molar-refractivity contribution >= 4 is 17.2 Å². The fourth-order valence-corrected chi connectivity index (χ4v) is 2.08. The van der Waals surface area contributed by atoms with E-state index in [9.17, 15) is 10.1 Å². The third-order valence-electron chi connectivity index (χ3n) is 2.07. The third-order valence-corrected chi connectivity index (χ3v) is 3.04. The Kier molecular flexibility index (Phi) is 3.50. The van der Waals surface area contributed by atoms with Gasteiger partial charge in [0.25, 0.3) is 0 Å². The van der Waals surface area contributed by atoms with Crippen LogP contribution in [0.5, 0.6) is 0 Å². The van der Waals surface area contributed by atoms with Gasteiger partial charge >= 0.3 is 5.88 Å². The maximum atomic E-state index is 10.4. The number of hydrogen-bond donors (Lipinski definition) is 1. The van der Waals surface area contributed by atoms with Crippen LogP contribution >= 0.6 is 11.3 Å². The molecule has 90 valence electrons. The van der Waals surface area contributed by atoms with Crippen molar-refractivity contribution in [3.05, 3.63) is 44.1 Å². The lowest BCUT2D eigenvalue weighted by Gasteiger charge is -1.98. The van der Waals surface area contributed by atoms with Gasteiger partial charge in [0.1, 0.15) is 15.7 Å². The minimum absolute atomic E-state index is 0.230. The molecular formula is C10H11N3O3S. The van der Waals surface area contributed by atoms with Crippen LogP contribution in [0.3, 0.4) is 0 Å². The summed E-state index contributed by atoms with van der Waals surface area (Å²) in [6, 6.07) is 2.95. The minimum Gasteiger partial charge on any atom is -0.404 e. The summed E-state index contributed by atoms with van der Waals surface area (Å²) in [6.45, 7) is 3.02. The zero-order valence-corrected chi connectivity index (χ0v) is 9.99. The molecule has 0 amide bonds. The quantitative estimate of drug-likeness (QED) is 0.652. The number of aryl methyl sites for hydroxylation is 1. The molecule has 1 N–H and O–H groups in total. The predicted octanol–water partition coefficient (Wildman–Crippen LogP) is 2.24. The molecule has 0 aliphatic carbocycles. The van der Waals surface area contributed by atoms with E-state index in [-0.39, 0.29) is 5.88 Å². The number of rotatable bonds is 5. The summed E-state index contributed by atoms with van der Waals surface area (Å²) in [5.74, 6) is 0.317. The summed E-state index contributed by atoms with van der Waals surface area (Å²) in [4.78, 5) is 14.1. The molecule has 2 heterocycles. The van der Waals surface area contributed by atoms with Crippen LogP contribution in [-0.4, -0.2) is 9.91 Å². The lowest BCUT2D eigenvalue weighted by atomic mass is 10.4. The van der Waals surface area contributed by atoms with E-state index in [1.165, 1.54) is 6.07 Å². The Morgan fingerprint density at radius 3 is 2.94 bits per heavy atom. The van der Waals surface area contributed by atoms with Gasteiger partial charge in [0.2, 0.25) is 0 Å². The van der Waals surface area contributed by atoms with Gasteiger partial charge in [0.05, 0.1) is 12.6 Å². The topological polar surface area (TPSA) is 81.2 Å². The molecule has 2 aromatic heterocycles. The molecule has 0 saturated carbocycles. The molecule has 2 aromatic rings. The van der Waals surface area contributed by atoms with Crippen LogP contribution < -0.4 is 5.32 Å². The first-order valence-electron chi connectivity index (χ1n) is 5.00. The highest BCUT2D eigenvalue weighted by Gasteiger charge is 2.11. The molecule has 0 unspecified atom stereocenters. The van der Waals surface area contributed by atoms with Crippen molar-refractivity contribution in [3.63, 3.8) is 0 Å². The maximum absolute atomic E-state index is 10.4. The highest BCUT2D eigenvalue weighted by atomic mass is 32.1. The van der Waals surface area contributed by atoms with Gasteiger partial charge in [0.15, 0.2) is 0 Å². The van der Waals surface area contributed by atoms with Crippen molar-refractivity contribution < 1.29 is 9.34 Å². The smallest absolute Gasteiger partial charge is 0.404 e. The van der Waals surface area contributed by atoms with Crippen molar-refractivity contribution in [2.24, 2.45) is 0 Å². The zero-order valence-electron chi connectivity index (χ0n) is 9.17. The lowest BCUT2D eigenvalue weighted by Crippen LogP contribution is -2.11. The Morgan fingerprint density at radius 2 is 2.35 bits per heavy atom. The van der Waals surface area contributed by atoms with Crippen molar-refractivity contribution in [2.45, 2.75) is 20.0 Å². The molecule has 7 heteroatoms. The first-order chi connectivity index (χ1) is 8.15. The summed E-state index contributed by atoms with van der Waals surface area (Å²) in [5.41, 5.74) is 1.00. The zero-order chi connectivity index (χ0) is 12.3. The summed E-state index contributed by atoms with van der Waals surface area (Å²) in [7, 11) is 0. The third kappa shape index (κ3) is 3.11. The minimum atomic E-state index is -0.548. The molecule has 0 radical (unpaired) electrons. The summed E-state index contributed by atoms with van der Waals surface area (Å²) >= 11 is 1.58. The second-order valence-electron chi connectivity index (χ2n) is 3.48. The fourth-order valence-electron chi connectivity index (χ4n) is 1.34. The van der Waals surface area contributed by atoms with Crippen LogP contribution in [-0.2, 0) is 13.1 Å². The van der Waals surface area contributed by atoms with Crippen molar-refractivity contribution in [1.82, 2.24) is 10.3 Å². The van der Waals surface area contributed by atoms with E-state index in [4.69, 9.17) is 4.42 Å². The molecule has 17 heavy (non-hydrogen) atoms. The van der Waals surface area contributed by atoms with Gasteiger partial charge in [0, 0.05) is 17.6 Å². The standard InChI is InChI=1S/C10H11N3O3S/c1-7-6-17-9(12-7)5-11-4-8-2-3-10(16-8)13(14)15/h2-3,6,11H,4-5H2,1H3. The first-order valence-corrected chi connectivity index (χ1v) is 5.88. The Balaban J connectivity index is 1.83. The molecular weight excluding hydrogens is 242 g/mol. The average molecular weight is 253 g/mol. The van der Waals surface area contributed by atoms with Crippen LogP contribution in [0.25, 0.3) is 0 Å². The number of nitrogens with zero attached hydrogens (tertiary/aromatic N) is 2. The van der Waals surface area contributed by atoms with Crippen LogP contribution in [0.1, 0.15) is 16.5 Å². The maximum Gasteiger partial charge on any atom is 0.433 e. The summed E-state index contributed by atoms with van der Waals surface area (Å²) in [5, 5.41) is 16.5. The number of nitrogens with one attached hydrogen (secondary N) is 1. The van der Waals surface area contributed by atoms with Crippen LogP contribution in [0, 0.1) is 17.0 Å². The summed E-state index contributed by atoms with van der Waals surface area (Å²) < 4.78 is 5.01. The number of furan rings is 1. The van der Waals surface area contributed by atoms with E-state index in [0.717, 1.165) is 10.7 Å². The van der Waals surface area contributed by atoms with E-state index >= 15 is 0 Å². The van der Waals surface area contributed by atoms with Gasteiger partial charge < -0.3 is 9.73 Å². The van der Waals surface area contributed by atoms with E-state index < -0.39 is 4.92 Å². The monoisotopic (exact) mass is 253 g/mol. The van der Waals surface area contributed by atoms with Crippen LogP contribution in [0.15, 0.2) is 21.9 Å². The largest absolute Gasteiger partial charge is 0.433 e. The van der Waals surface area contributed by atoms with Crippen LogP contribution in [0.2, 0.25) is 0 Å². The normalized spacial score (nSPS) is 10.6. The van der Waals surface area contributed by atoms with Gasteiger partial charge in [-0.1, -0.05) is 0 Å². The van der Waals surface area contributed by atoms with Crippen molar-refractivity contribution in [3.8, 4) is 0 Å². The van der Waals surface area contributed by atoms with E-state index in [0.29, 0.717) is 18.8 Å². The van der Waals surface area contributed by atoms with E-state index in [2.05, 4.69) is 10.3 Å². The summed E-state index contributed by atoms with van der Waals surface area (Å²) in [6.07, 6.45) is 0. The molecule has 0 aromatic carbocycles. The molecule has 6 nitrogen and oxygen atoms in total. The molecule has 0 saturated heterocycles. The molecule has 0 aliphatic heterocycles. The van der Waals surface area contributed by atoms with Gasteiger partial charge in [-0.05, 0) is 13.0 Å². The number of hydrogen-bond acceptors (Lipinski definition) is 6. The fraction of sp³-hybridized carbons (Fsp3) is 0.300. The number of nitro groups is 1. The van der Waals surface area contributed by atoms with E-state index in [1.807, 2.05) is 12.3 Å². The number of aromatic nitrogens is 1. The van der Waals surface area contributed by atoms with Crippen LogP contribution in [0.4, 0.5) is 5.88 Å². The molecule has 2 rings (SSSR count). The first kappa shape index (κ1) is 11.7. The highest BCUT2D eigenvalue weighted by molar-refractivity contribution is 7.09. The van der Waals surface area contributed by atoms with E-state index in [1.54, 1.807) is 17.4 Å². The van der Waals surface area contributed by atoms with Gasteiger partial charge in [-0.15, -0.1) is 11.3 Å². The Morgan fingerprint density at radius 1 is 1.53 bits per heavy atom.